The first kappa shape index (κ1) is 8.82. The van der Waals surface area contributed by atoms with Crippen molar-refractivity contribution in [3.63, 3.8) is 0 Å². The zero-order chi connectivity index (χ0) is 8.65. The average Bonchev–Trinajstić information content (AvgIpc) is 1.81. The van der Waals surface area contributed by atoms with Crippen LogP contribution in [-0.2, 0) is 4.79 Å². The zero-order valence-corrected chi connectivity index (χ0v) is 7.83. The first-order valence-corrected chi connectivity index (χ1v) is 3.99. The van der Waals surface area contributed by atoms with E-state index in [4.69, 9.17) is 23.2 Å². The van der Waals surface area contributed by atoms with Gasteiger partial charge < -0.3 is 0 Å². The average molecular weight is 191 g/mol. The fourth-order valence-corrected chi connectivity index (χ4v) is 1.74. The molecule has 1 aliphatic rings. The van der Waals surface area contributed by atoms with Gasteiger partial charge in [-0.15, -0.1) is 11.6 Å². The predicted octanol–water partition coefficient (Wildman–Crippen LogP) is 2.64. The zero-order valence-electron chi connectivity index (χ0n) is 6.32. The van der Waals surface area contributed by atoms with Gasteiger partial charge in [0.25, 0.3) is 0 Å². The predicted molar refractivity (Wildman–Crippen MR) is 47.0 cm³/mol. The third kappa shape index (κ3) is 1.85. The number of allylic oxidation sites excluding steroid dienone is 4. The highest BCUT2D eigenvalue weighted by molar-refractivity contribution is 6.46. The normalized spacial score (nSPS) is 31.5. The second-order valence-electron chi connectivity index (χ2n) is 2.80. The highest BCUT2D eigenvalue weighted by atomic mass is 35.5. The van der Waals surface area contributed by atoms with Gasteiger partial charge in [-0.25, -0.2) is 0 Å². The molecular formula is C8H8Cl2O. The van der Waals surface area contributed by atoms with Crippen LogP contribution in [0.4, 0.5) is 0 Å². The van der Waals surface area contributed by atoms with Gasteiger partial charge >= 0.3 is 0 Å². The number of carbonyl (C=O) groups is 1. The van der Waals surface area contributed by atoms with Gasteiger partial charge in [-0.05, 0) is 25.5 Å². The lowest BCUT2D eigenvalue weighted by Crippen LogP contribution is -2.18. The smallest absolute Gasteiger partial charge is 0.199 e. The molecule has 0 aromatic rings. The van der Waals surface area contributed by atoms with Gasteiger partial charge in [0, 0.05) is 0 Å². The monoisotopic (exact) mass is 190 g/mol. The first-order chi connectivity index (χ1) is 4.92. The molecule has 1 aliphatic carbocycles. The molecule has 0 heterocycles. The van der Waals surface area contributed by atoms with Gasteiger partial charge in [-0.3, -0.25) is 4.79 Å². The summed E-state index contributed by atoms with van der Waals surface area (Å²) in [5.74, 6) is -0.134. The lowest BCUT2D eigenvalue weighted by atomic mass is 9.98. The van der Waals surface area contributed by atoms with E-state index in [1.165, 1.54) is 0 Å². The van der Waals surface area contributed by atoms with E-state index in [0.29, 0.717) is 5.57 Å². The highest BCUT2D eigenvalue weighted by Crippen LogP contribution is 2.29. The van der Waals surface area contributed by atoms with Gasteiger partial charge in [0.1, 0.15) is 0 Å². The van der Waals surface area contributed by atoms with E-state index >= 15 is 0 Å². The van der Waals surface area contributed by atoms with Crippen LogP contribution in [0.2, 0.25) is 0 Å². The van der Waals surface area contributed by atoms with Crippen LogP contribution in [-0.4, -0.2) is 10.7 Å². The lowest BCUT2D eigenvalue weighted by molar-refractivity contribution is -0.111. The van der Waals surface area contributed by atoms with E-state index in [1.807, 2.05) is 0 Å². The lowest BCUT2D eigenvalue weighted by Gasteiger charge is -2.18. The quantitative estimate of drug-likeness (QED) is 0.538. The topological polar surface area (TPSA) is 17.1 Å². The van der Waals surface area contributed by atoms with Crippen molar-refractivity contribution in [2.45, 2.75) is 18.7 Å². The highest BCUT2D eigenvalue weighted by Gasteiger charge is 2.25. The Labute approximate surface area is 75.7 Å². The number of halogens is 2. The number of carbonyl (C=O) groups excluding carboxylic acids is 1. The first-order valence-electron chi connectivity index (χ1n) is 3.24. The van der Waals surface area contributed by atoms with Crippen molar-refractivity contribution < 1.29 is 4.79 Å². The van der Waals surface area contributed by atoms with Crippen molar-refractivity contribution >= 4 is 29.0 Å². The molecule has 60 valence electrons. The van der Waals surface area contributed by atoms with E-state index in [9.17, 15) is 4.79 Å². The van der Waals surface area contributed by atoms with Crippen molar-refractivity contribution in [3.8, 4) is 0 Å². The van der Waals surface area contributed by atoms with Crippen LogP contribution in [0.3, 0.4) is 0 Å². The summed E-state index contributed by atoms with van der Waals surface area (Å²) in [5.41, 5.74) is 0.606. The number of Topliss-reactive ketones (excluding diaryl/α,β-unsaturated/α-hetero) is 1. The Hall–Kier alpha value is -0.270. The molecule has 0 fully saturated rings. The van der Waals surface area contributed by atoms with Crippen LogP contribution in [0.25, 0.3) is 0 Å². The number of ketones is 1. The fraction of sp³-hybridized carbons (Fsp3) is 0.375. The van der Waals surface area contributed by atoms with Crippen molar-refractivity contribution in [1.29, 1.82) is 0 Å². The van der Waals surface area contributed by atoms with Crippen LogP contribution >= 0.6 is 23.2 Å². The van der Waals surface area contributed by atoms with E-state index < -0.39 is 4.87 Å². The number of hydrogen-bond donors (Lipinski definition) is 0. The summed E-state index contributed by atoms with van der Waals surface area (Å²) in [6.45, 7) is 3.49. The van der Waals surface area contributed by atoms with Gasteiger partial charge in [0.05, 0.1) is 9.91 Å². The molecule has 0 amide bonds. The maximum atomic E-state index is 11.1. The molecule has 11 heavy (non-hydrogen) atoms. The summed E-state index contributed by atoms with van der Waals surface area (Å²) >= 11 is 11.6. The van der Waals surface area contributed by atoms with Crippen molar-refractivity contribution in [2.24, 2.45) is 0 Å². The summed E-state index contributed by atoms with van der Waals surface area (Å²) in [5, 5.41) is 0.211. The molecule has 1 unspecified atom stereocenters. The van der Waals surface area contributed by atoms with Crippen molar-refractivity contribution in [1.82, 2.24) is 0 Å². The summed E-state index contributed by atoms with van der Waals surface area (Å²) in [7, 11) is 0. The Balaban J connectivity index is 3.08. The molecule has 0 bridgehead atoms. The Bertz CT molecular complexity index is 237. The van der Waals surface area contributed by atoms with Crippen LogP contribution in [0, 0.1) is 0 Å². The summed E-state index contributed by atoms with van der Waals surface area (Å²) < 4.78 is 0. The molecule has 1 nitrogen and oxygen atoms in total. The molecule has 1 atom stereocenters. The Morgan fingerprint density at radius 2 is 2.00 bits per heavy atom. The Kier molecular flexibility index (Phi) is 2.13. The molecule has 0 saturated heterocycles. The minimum Gasteiger partial charge on any atom is -0.288 e. The van der Waals surface area contributed by atoms with Gasteiger partial charge in [0.2, 0.25) is 0 Å². The molecule has 0 aliphatic heterocycles. The maximum Gasteiger partial charge on any atom is 0.199 e. The van der Waals surface area contributed by atoms with Crippen molar-refractivity contribution in [3.05, 3.63) is 22.8 Å². The minimum absolute atomic E-state index is 0.134. The largest absolute Gasteiger partial charge is 0.288 e. The number of alkyl halides is 1. The second kappa shape index (κ2) is 2.65. The molecule has 0 N–H and O–H groups in total. The minimum atomic E-state index is -0.602. The van der Waals surface area contributed by atoms with Crippen LogP contribution < -0.4 is 0 Å². The Morgan fingerprint density at radius 1 is 1.45 bits per heavy atom. The molecule has 0 saturated carbocycles. The van der Waals surface area contributed by atoms with E-state index in [-0.39, 0.29) is 10.8 Å². The third-order valence-electron chi connectivity index (χ3n) is 1.48. The summed E-state index contributed by atoms with van der Waals surface area (Å²) in [6.07, 6.45) is 3.24. The second-order valence-corrected chi connectivity index (χ2v) is 4.02. The fourth-order valence-electron chi connectivity index (χ4n) is 1.03. The number of rotatable bonds is 0. The standard InChI is InChI=1S/C8H8Cl2O/c1-5-3-8(2,10)4-6(9)7(5)11/h3-4H,1-2H3. The molecule has 0 radical (unpaired) electrons. The summed E-state index contributed by atoms with van der Waals surface area (Å²) in [4.78, 5) is 10.5. The molecular weight excluding hydrogens is 183 g/mol. The molecule has 0 aromatic heterocycles. The third-order valence-corrected chi connectivity index (χ3v) is 1.98. The SMILES string of the molecule is CC1=CC(C)(Cl)C=C(Cl)C1=O. The van der Waals surface area contributed by atoms with Crippen molar-refractivity contribution in [2.75, 3.05) is 0 Å². The Morgan fingerprint density at radius 3 is 2.45 bits per heavy atom. The van der Waals surface area contributed by atoms with E-state index in [1.54, 1.807) is 26.0 Å². The van der Waals surface area contributed by atoms with Crippen LogP contribution in [0.1, 0.15) is 13.8 Å². The van der Waals surface area contributed by atoms with E-state index in [0.717, 1.165) is 0 Å². The van der Waals surface area contributed by atoms with Crippen LogP contribution in [0.15, 0.2) is 22.8 Å². The molecule has 3 heteroatoms. The molecule has 0 spiro atoms. The van der Waals surface area contributed by atoms with Gasteiger partial charge in [0.15, 0.2) is 5.78 Å². The maximum absolute atomic E-state index is 11.1. The summed E-state index contributed by atoms with van der Waals surface area (Å²) in [6, 6.07) is 0. The van der Waals surface area contributed by atoms with E-state index in [2.05, 4.69) is 0 Å². The van der Waals surface area contributed by atoms with Gasteiger partial charge in [-0.1, -0.05) is 17.7 Å². The van der Waals surface area contributed by atoms with Gasteiger partial charge in [-0.2, -0.15) is 0 Å². The number of hydrogen-bond acceptors (Lipinski definition) is 1. The van der Waals surface area contributed by atoms with Crippen LogP contribution in [0.5, 0.6) is 0 Å². The molecule has 0 aromatic carbocycles. The molecule has 1 rings (SSSR count).